The average Bonchev–Trinajstić information content (AvgIpc) is 2.82. The second kappa shape index (κ2) is 6.55. The molecule has 0 spiro atoms. The van der Waals surface area contributed by atoms with E-state index in [4.69, 9.17) is 0 Å². The van der Waals surface area contributed by atoms with E-state index in [1.165, 1.54) is 5.56 Å². The van der Waals surface area contributed by atoms with Crippen LogP contribution in [-0.4, -0.2) is 25.0 Å². The number of amides is 1. The summed E-state index contributed by atoms with van der Waals surface area (Å²) in [5.74, 6) is 0.709. The SMILES string of the molecule is CC(Cc1ccccc1)NC(=O)CC1CCNC1. The van der Waals surface area contributed by atoms with Crippen molar-refractivity contribution in [3.63, 3.8) is 0 Å². The van der Waals surface area contributed by atoms with E-state index in [9.17, 15) is 4.79 Å². The van der Waals surface area contributed by atoms with Gasteiger partial charge in [-0.1, -0.05) is 30.3 Å². The lowest BCUT2D eigenvalue weighted by Gasteiger charge is -2.15. The molecule has 2 N–H and O–H groups in total. The Morgan fingerprint density at radius 2 is 2.22 bits per heavy atom. The van der Waals surface area contributed by atoms with Crippen molar-refractivity contribution in [1.29, 1.82) is 0 Å². The van der Waals surface area contributed by atoms with Crippen molar-refractivity contribution in [3.05, 3.63) is 35.9 Å². The van der Waals surface area contributed by atoms with Crippen LogP contribution < -0.4 is 10.6 Å². The van der Waals surface area contributed by atoms with Crippen molar-refractivity contribution in [1.82, 2.24) is 10.6 Å². The lowest BCUT2D eigenvalue weighted by Crippen LogP contribution is -2.35. The minimum absolute atomic E-state index is 0.187. The third kappa shape index (κ3) is 4.15. The first-order valence-electron chi connectivity index (χ1n) is 6.78. The fourth-order valence-corrected chi connectivity index (χ4v) is 2.50. The van der Waals surface area contributed by atoms with Gasteiger partial charge in [0.1, 0.15) is 0 Å². The molecular weight excluding hydrogens is 224 g/mol. The van der Waals surface area contributed by atoms with Crippen LogP contribution in [0.2, 0.25) is 0 Å². The smallest absolute Gasteiger partial charge is 0.220 e. The summed E-state index contributed by atoms with van der Waals surface area (Å²) in [4.78, 5) is 11.9. The summed E-state index contributed by atoms with van der Waals surface area (Å²) < 4.78 is 0. The predicted octanol–water partition coefficient (Wildman–Crippen LogP) is 1.73. The van der Waals surface area contributed by atoms with E-state index >= 15 is 0 Å². The van der Waals surface area contributed by atoms with Crippen molar-refractivity contribution in [2.24, 2.45) is 5.92 Å². The van der Waals surface area contributed by atoms with Crippen LogP contribution in [-0.2, 0) is 11.2 Å². The molecule has 1 aliphatic heterocycles. The highest BCUT2D eigenvalue weighted by Crippen LogP contribution is 2.12. The lowest BCUT2D eigenvalue weighted by atomic mass is 10.0. The first-order valence-corrected chi connectivity index (χ1v) is 6.78. The maximum atomic E-state index is 11.9. The molecule has 1 fully saturated rings. The Bertz CT molecular complexity index is 371. The van der Waals surface area contributed by atoms with Crippen LogP contribution in [0.3, 0.4) is 0 Å². The Hall–Kier alpha value is -1.35. The highest BCUT2D eigenvalue weighted by molar-refractivity contribution is 5.76. The molecule has 1 aliphatic rings. The van der Waals surface area contributed by atoms with Gasteiger partial charge in [0.05, 0.1) is 0 Å². The van der Waals surface area contributed by atoms with Gasteiger partial charge in [0, 0.05) is 12.5 Å². The number of hydrogen-bond donors (Lipinski definition) is 2. The van der Waals surface area contributed by atoms with Gasteiger partial charge < -0.3 is 10.6 Å². The highest BCUT2D eigenvalue weighted by atomic mass is 16.1. The summed E-state index contributed by atoms with van der Waals surface area (Å²) in [6.07, 6.45) is 2.68. The van der Waals surface area contributed by atoms with Gasteiger partial charge in [-0.25, -0.2) is 0 Å². The third-order valence-electron chi connectivity index (χ3n) is 3.43. The van der Waals surface area contributed by atoms with Gasteiger partial charge in [-0.3, -0.25) is 4.79 Å². The fourth-order valence-electron chi connectivity index (χ4n) is 2.50. The van der Waals surface area contributed by atoms with E-state index in [0.29, 0.717) is 12.3 Å². The minimum atomic E-state index is 0.187. The summed E-state index contributed by atoms with van der Waals surface area (Å²) in [6.45, 7) is 4.11. The van der Waals surface area contributed by atoms with Crippen molar-refractivity contribution in [3.8, 4) is 0 Å². The Kier molecular flexibility index (Phi) is 4.76. The summed E-state index contributed by atoms with van der Waals surface area (Å²) in [7, 11) is 0. The molecule has 1 heterocycles. The van der Waals surface area contributed by atoms with Gasteiger partial charge in [-0.2, -0.15) is 0 Å². The quantitative estimate of drug-likeness (QED) is 0.831. The maximum Gasteiger partial charge on any atom is 0.220 e. The Labute approximate surface area is 109 Å². The van der Waals surface area contributed by atoms with E-state index in [1.54, 1.807) is 0 Å². The Morgan fingerprint density at radius 3 is 2.89 bits per heavy atom. The second-order valence-electron chi connectivity index (χ2n) is 5.22. The summed E-state index contributed by atoms with van der Waals surface area (Å²) in [6, 6.07) is 10.5. The van der Waals surface area contributed by atoms with Crippen LogP contribution in [0.5, 0.6) is 0 Å². The number of rotatable bonds is 5. The molecule has 3 nitrogen and oxygen atoms in total. The third-order valence-corrected chi connectivity index (χ3v) is 3.43. The van der Waals surface area contributed by atoms with E-state index in [1.807, 2.05) is 18.2 Å². The molecule has 0 aliphatic carbocycles. The molecule has 0 aromatic heterocycles. The first-order chi connectivity index (χ1) is 8.74. The van der Waals surface area contributed by atoms with Gasteiger partial charge in [-0.15, -0.1) is 0 Å². The zero-order valence-corrected chi connectivity index (χ0v) is 11.0. The number of nitrogens with one attached hydrogen (secondary N) is 2. The molecule has 0 saturated carbocycles. The number of hydrogen-bond acceptors (Lipinski definition) is 2. The predicted molar refractivity (Wildman–Crippen MR) is 73.3 cm³/mol. The molecule has 1 saturated heterocycles. The monoisotopic (exact) mass is 246 g/mol. The van der Waals surface area contributed by atoms with Crippen molar-refractivity contribution in [2.75, 3.05) is 13.1 Å². The lowest BCUT2D eigenvalue weighted by molar-refractivity contribution is -0.122. The van der Waals surface area contributed by atoms with E-state index in [2.05, 4.69) is 29.7 Å². The topological polar surface area (TPSA) is 41.1 Å². The van der Waals surface area contributed by atoms with Gasteiger partial charge in [0.25, 0.3) is 0 Å². The normalized spacial score (nSPS) is 20.6. The molecule has 0 radical (unpaired) electrons. The Balaban J connectivity index is 1.73. The standard InChI is InChI=1S/C15H22N2O/c1-12(9-13-5-3-2-4-6-13)17-15(18)10-14-7-8-16-11-14/h2-6,12,14,16H,7-11H2,1H3,(H,17,18). The molecule has 18 heavy (non-hydrogen) atoms. The molecule has 2 atom stereocenters. The van der Waals surface area contributed by atoms with E-state index in [-0.39, 0.29) is 11.9 Å². The molecule has 3 heteroatoms. The molecule has 1 aromatic rings. The largest absolute Gasteiger partial charge is 0.353 e. The fraction of sp³-hybridized carbons (Fsp3) is 0.533. The molecule has 0 bridgehead atoms. The van der Waals surface area contributed by atoms with Crippen molar-refractivity contribution in [2.45, 2.75) is 32.2 Å². The molecule has 1 aromatic carbocycles. The second-order valence-corrected chi connectivity index (χ2v) is 5.22. The van der Waals surface area contributed by atoms with Crippen LogP contribution in [0.4, 0.5) is 0 Å². The van der Waals surface area contributed by atoms with Crippen LogP contribution >= 0.6 is 0 Å². The van der Waals surface area contributed by atoms with Gasteiger partial charge in [-0.05, 0) is 44.3 Å². The maximum absolute atomic E-state index is 11.9. The summed E-state index contributed by atoms with van der Waals surface area (Å²) in [5.41, 5.74) is 1.27. The molecule has 2 unspecified atom stereocenters. The van der Waals surface area contributed by atoms with Crippen LogP contribution in [0.1, 0.15) is 25.3 Å². The number of carbonyl (C=O) groups is 1. The van der Waals surface area contributed by atoms with Gasteiger partial charge in [0.15, 0.2) is 0 Å². The zero-order valence-electron chi connectivity index (χ0n) is 11.0. The van der Waals surface area contributed by atoms with Crippen molar-refractivity contribution < 1.29 is 4.79 Å². The highest BCUT2D eigenvalue weighted by Gasteiger charge is 2.18. The van der Waals surface area contributed by atoms with Gasteiger partial charge >= 0.3 is 0 Å². The van der Waals surface area contributed by atoms with Crippen LogP contribution in [0.15, 0.2) is 30.3 Å². The molecular formula is C15H22N2O. The number of carbonyl (C=O) groups excluding carboxylic acids is 1. The van der Waals surface area contributed by atoms with E-state index in [0.717, 1.165) is 25.9 Å². The average molecular weight is 246 g/mol. The molecule has 98 valence electrons. The van der Waals surface area contributed by atoms with E-state index < -0.39 is 0 Å². The van der Waals surface area contributed by atoms with Gasteiger partial charge in [0.2, 0.25) is 5.91 Å². The molecule has 1 amide bonds. The molecule has 2 rings (SSSR count). The summed E-state index contributed by atoms with van der Waals surface area (Å²) in [5, 5.41) is 6.38. The minimum Gasteiger partial charge on any atom is -0.353 e. The number of benzene rings is 1. The van der Waals surface area contributed by atoms with Crippen molar-refractivity contribution >= 4 is 5.91 Å². The van der Waals surface area contributed by atoms with Crippen LogP contribution in [0, 0.1) is 5.92 Å². The van der Waals surface area contributed by atoms with Crippen LogP contribution in [0.25, 0.3) is 0 Å². The first kappa shape index (κ1) is 13.1. The Morgan fingerprint density at radius 1 is 1.44 bits per heavy atom. The summed E-state index contributed by atoms with van der Waals surface area (Å²) >= 11 is 0. The zero-order chi connectivity index (χ0) is 12.8.